The zero-order valence-electron chi connectivity index (χ0n) is 12.3. The van der Waals surface area contributed by atoms with Gasteiger partial charge in [0.1, 0.15) is 0 Å². The molecule has 1 saturated heterocycles. The molecule has 2 amide bonds. The number of carbonyl (C=O) groups excluding carboxylic acids is 2. The molecule has 0 bridgehead atoms. The molecule has 1 N–H and O–H groups in total. The van der Waals surface area contributed by atoms with Crippen LogP contribution in [0.4, 0.5) is 0 Å². The van der Waals surface area contributed by atoms with E-state index in [1.165, 1.54) is 11.1 Å². The molecule has 0 radical (unpaired) electrons. The molecule has 1 rings (SSSR count). The van der Waals surface area contributed by atoms with E-state index in [0.717, 1.165) is 19.6 Å². The molecule has 0 aromatic carbocycles. The molecule has 0 aromatic heterocycles. The Morgan fingerprint density at radius 3 is 2.55 bits per heavy atom. The number of nitrogens with one attached hydrogen (secondary N) is 1. The second-order valence-electron chi connectivity index (χ2n) is 4.44. The predicted octanol–water partition coefficient (Wildman–Crippen LogP) is 0.278. The largest absolute Gasteiger partial charge is 0.302 e. The molecule has 0 spiro atoms. The van der Waals surface area contributed by atoms with Gasteiger partial charge in [0.05, 0.1) is 6.54 Å². The Balaban J connectivity index is 2.59. The van der Waals surface area contributed by atoms with Crippen LogP contribution in [0.2, 0.25) is 0 Å². The summed E-state index contributed by atoms with van der Waals surface area (Å²) in [7, 11) is 0. The summed E-state index contributed by atoms with van der Waals surface area (Å²) in [4.78, 5) is 31.7. The molecule has 20 heavy (non-hydrogen) atoms. The van der Waals surface area contributed by atoms with Gasteiger partial charge >= 0.3 is 0 Å². The van der Waals surface area contributed by atoms with Crippen molar-refractivity contribution in [3.05, 3.63) is 0 Å². The maximum atomic E-state index is 12.1. The third kappa shape index (κ3) is 4.08. The molecule has 1 aliphatic rings. The highest BCUT2D eigenvalue weighted by atomic mass is 32.1. The molecule has 112 valence electrons. The van der Waals surface area contributed by atoms with Gasteiger partial charge in [0.25, 0.3) is 0 Å². The fourth-order valence-corrected chi connectivity index (χ4v) is 2.30. The third-order valence-electron chi connectivity index (χ3n) is 3.30. The smallest absolute Gasteiger partial charge is 0.246 e. The van der Waals surface area contributed by atoms with Gasteiger partial charge in [-0.25, -0.2) is 0 Å². The molecular formula is C13H22N4O2S. The van der Waals surface area contributed by atoms with Crippen LogP contribution in [-0.2, 0) is 9.59 Å². The first-order chi connectivity index (χ1) is 9.54. The Labute approximate surface area is 125 Å². The number of nitrogens with zero attached hydrogens (tertiary/aromatic N) is 3. The first-order valence-corrected chi connectivity index (χ1v) is 7.34. The lowest BCUT2D eigenvalue weighted by Crippen LogP contribution is -2.58. The fraction of sp³-hybridized carbons (Fsp3) is 0.692. The molecule has 1 aliphatic heterocycles. The highest BCUT2D eigenvalue weighted by Gasteiger charge is 2.36. The van der Waals surface area contributed by atoms with Crippen molar-refractivity contribution in [3.63, 3.8) is 0 Å². The van der Waals surface area contributed by atoms with E-state index in [2.05, 4.69) is 29.1 Å². The van der Waals surface area contributed by atoms with Gasteiger partial charge in [-0.05, 0) is 32.2 Å². The van der Waals surface area contributed by atoms with Gasteiger partial charge < -0.3 is 10.2 Å². The molecule has 1 atom stereocenters. The van der Waals surface area contributed by atoms with Crippen molar-refractivity contribution in [3.8, 4) is 0 Å². The number of thiocarbonyl (C=S) groups is 1. The minimum absolute atomic E-state index is 0.176. The molecule has 1 heterocycles. The number of aliphatic imine (C=N–C) groups is 1. The monoisotopic (exact) mass is 298 g/mol. The number of rotatable bonds is 7. The first kappa shape index (κ1) is 16.7. The van der Waals surface area contributed by atoms with Crippen molar-refractivity contribution in [2.24, 2.45) is 10.9 Å². The Bertz CT molecular complexity index is 407. The van der Waals surface area contributed by atoms with Gasteiger partial charge in [0.2, 0.25) is 11.8 Å². The summed E-state index contributed by atoms with van der Waals surface area (Å²) in [5.74, 6) is -1.55. The molecule has 0 aromatic rings. The van der Waals surface area contributed by atoms with E-state index >= 15 is 0 Å². The summed E-state index contributed by atoms with van der Waals surface area (Å²) in [5.41, 5.74) is 0. The Kier molecular flexibility index (Phi) is 6.74. The molecule has 0 aliphatic carbocycles. The first-order valence-electron chi connectivity index (χ1n) is 6.93. The van der Waals surface area contributed by atoms with E-state index in [4.69, 9.17) is 12.2 Å². The minimum atomic E-state index is -0.863. The van der Waals surface area contributed by atoms with Crippen LogP contribution in [0.25, 0.3) is 0 Å². The Hall–Kier alpha value is -1.34. The summed E-state index contributed by atoms with van der Waals surface area (Å²) >= 11 is 4.96. The molecule has 6 nitrogen and oxygen atoms in total. The van der Waals surface area contributed by atoms with Gasteiger partial charge in [0.15, 0.2) is 11.0 Å². The normalized spacial score (nSPS) is 20.1. The van der Waals surface area contributed by atoms with Crippen molar-refractivity contribution < 1.29 is 9.59 Å². The van der Waals surface area contributed by atoms with Gasteiger partial charge in [0, 0.05) is 19.3 Å². The van der Waals surface area contributed by atoms with E-state index in [-0.39, 0.29) is 11.0 Å². The SMILES string of the molecule is CCN(CC)CCN=C[C@H]1C(=O)NC(=S)N(CC)C1=O. The maximum Gasteiger partial charge on any atom is 0.246 e. The predicted molar refractivity (Wildman–Crippen MR) is 82.8 cm³/mol. The van der Waals surface area contributed by atoms with Crippen molar-refractivity contribution in [1.29, 1.82) is 0 Å². The van der Waals surface area contributed by atoms with Gasteiger partial charge in [-0.2, -0.15) is 0 Å². The summed E-state index contributed by atoms with van der Waals surface area (Å²) in [6, 6.07) is 0. The zero-order valence-corrected chi connectivity index (χ0v) is 13.1. The number of amides is 2. The van der Waals surface area contributed by atoms with Crippen molar-refractivity contribution in [2.45, 2.75) is 20.8 Å². The third-order valence-corrected chi connectivity index (χ3v) is 3.62. The summed E-state index contributed by atoms with van der Waals surface area (Å²) in [6.07, 6.45) is 1.44. The second kappa shape index (κ2) is 8.06. The molecule has 0 saturated carbocycles. The number of hydrogen-bond acceptors (Lipinski definition) is 5. The van der Waals surface area contributed by atoms with Crippen molar-refractivity contribution >= 4 is 35.4 Å². The minimum Gasteiger partial charge on any atom is -0.302 e. The second-order valence-corrected chi connectivity index (χ2v) is 4.82. The Morgan fingerprint density at radius 2 is 2.00 bits per heavy atom. The maximum absolute atomic E-state index is 12.1. The van der Waals surface area contributed by atoms with Gasteiger partial charge in [-0.3, -0.25) is 19.5 Å². The van der Waals surface area contributed by atoms with Gasteiger partial charge in [-0.15, -0.1) is 0 Å². The van der Waals surface area contributed by atoms with Gasteiger partial charge in [-0.1, -0.05) is 13.8 Å². The molecule has 7 heteroatoms. The number of likely N-dealkylation sites (N-methyl/N-ethyl adjacent to an activating group) is 1. The van der Waals surface area contributed by atoms with Crippen LogP contribution in [-0.4, -0.2) is 65.7 Å². The zero-order chi connectivity index (χ0) is 15.1. The van der Waals surface area contributed by atoms with E-state index in [0.29, 0.717) is 13.1 Å². The summed E-state index contributed by atoms with van der Waals surface area (Å²) in [5, 5.41) is 2.70. The quantitative estimate of drug-likeness (QED) is 0.416. The van der Waals surface area contributed by atoms with Crippen LogP contribution < -0.4 is 5.32 Å². The van der Waals surface area contributed by atoms with Crippen LogP contribution in [0.15, 0.2) is 4.99 Å². The van der Waals surface area contributed by atoms with Crippen LogP contribution >= 0.6 is 12.2 Å². The molecule has 0 unspecified atom stereocenters. The topological polar surface area (TPSA) is 65.0 Å². The Morgan fingerprint density at radius 1 is 1.35 bits per heavy atom. The standard InChI is InChI=1S/C13H22N4O2S/c1-4-16(5-2)8-7-14-9-10-11(18)15-13(20)17(6-3)12(10)19/h9-10H,4-8H2,1-3H3,(H,15,18,20)/t10-/m0/s1. The average molecular weight is 298 g/mol. The summed E-state index contributed by atoms with van der Waals surface area (Å²) in [6.45, 7) is 9.77. The lowest BCUT2D eigenvalue weighted by atomic mass is 10.1. The molecule has 1 fully saturated rings. The van der Waals surface area contributed by atoms with Crippen molar-refractivity contribution in [1.82, 2.24) is 15.1 Å². The van der Waals surface area contributed by atoms with Crippen LogP contribution in [0.5, 0.6) is 0 Å². The lowest BCUT2D eigenvalue weighted by Gasteiger charge is -2.29. The van der Waals surface area contributed by atoms with Crippen molar-refractivity contribution in [2.75, 3.05) is 32.7 Å². The summed E-state index contributed by atoms with van der Waals surface area (Å²) < 4.78 is 0. The van der Waals surface area contributed by atoms with Crippen LogP contribution in [0.1, 0.15) is 20.8 Å². The molecular weight excluding hydrogens is 276 g/mol. The lowest BCUT2D eigenvalue weighted by molar-refractivity contribution is -0.137. The highest BCUT2D eigenvalue weighted by Crippen LogP contribution is 2.08. The van der Waals surface area contributed by atoms with E-state index in [1.807, 2.05) is 6.92 Å². The highest BCUT2D eigenvalue weighted by molar-refractivity contribution is 7.80. The number of hydrogen-bond donors (Lipinski definition) is 1. The van der Waals surface area contributed by atoms with Crippen LogP contribution in [0.3, 0.4) is 0 Å². The van der Waals surface area contributed by atoms with E-state index < -0.39 is 11.8 Å². The fourth-order valence-electron chi connectivity index (χ4n) is 1.98. The number of carbonyl (C=O) groups is 2. The van der Waals surface area contributed by atoms with E-state index in [1.54, 1.807) is 0 Å². The average Bonchev–Trinajstić information content (AvgIpc) is 2.42. The van der Waals surface area contributed by atoms with E-state index in [9.17, 15) is 9.59 Å². The van der Waals surface area contributed by atoms with Crippen LogP contribution in [0, 0.1) is 5.92 Å².